The van der Waals surface area contributed by atoms with Gasteiger partial charge < -0.3 is 14.7 Å². The molecule has 0 atom stereocenters. The number of nitrogens with zero attached hydrogens (tertiary/aromatic N) is 3. The second kappa shape index (κ2) is 14.8. The molecule has 12 rings (SSSR count). The second-order valence-electron chi connectivity index (χ2n) is 20.1. The van der Waals surface area contributed by atoms with Crippen LogP contribution in [0.15, 0.2) is 206 Å². The van der Waals surface area contributed by atoms with E-state index in [1.165, 1.54) is 89.8 Å². The molecule has 3 nitrogen and oxygen atoms in total. The summed E-state index contributed by atoms with van der Waals surface area (Å²) in [6, 6.07) is 67.8. The number of para-hydroxylation sites is 4. The molecule has 0 N–H and O–H groups in total. The molecule has 0 amide bonds. The summed E-state index contributed by atoms with van der Waals surface area (Å²) in [6.07, 6.45) is 8.79. The smallest absolute Gasteiger partial charge is 0.0544 e. The van der Waals surface area contributed by atoms with Gasteiger partial charge in [0.05, 0.1) is 17.1 Å². The standard InChI is InChI=1S/C63H55N3/c1-61(2)52-28-19-29-53-58(52)66-59-54(61)38-44(42-30-34-50(35-31-42)64(46-20-11-7-12-21-46)47-22-13-8-14-23-47)40-56(59)63(5,6)57-41-45(39-55(60(57)66)62(53,3)4)43-32-36-51(37-33-43)65(48-24-15-9-16-25-48)49-26-17-10-18-27-49/h7-17,19-26,28-41H,18,27H2,1-6H3. The number of hydrogen-bond donors (Lipinski definition) is 0. The van der Waals surface area contributed by atoms with E-state index in [4.69, 9.17) is 0 Å². The molecule has 0 radical (unpaired) electrons. The van der Waals surface area contributed by atoms with Gasteiger partial charge in [-0.25, -0.2) is 0 Å². The zero-order valence-corrected chi connectivity index (χ0v) is 38.8. The van der Waals surface area contributed by atoms with E-state index in [9.17, 15) is 0 Å². The van der Waals surface area contributed by atoms with Crippen molar-refractivity contribution < 1.29 is 0 Å². The average molecular weight is 854 g/mol. The Balaban J connectivity index is 1.01. The molecule has 0 spiro atoms. The predicted molar refractivity (Wildman–Crippen MR) is 278 cm³/mol. The van der Waals surface area contributed by atoms with Gasteiger partial charge in [0, 0.05) is 50.4 Å². The minimum absolute atomic E-state index is 0.219. The summed E-state index contributed by atoms with van der Waals surface area (Å²) in [5.41, 5.74) is 23.7. The van der Waals surface area contributed by atoms with E-state index in [0.717, 1.165) is 29.9 Å². The van der Waals surface area contributed by atoms with E-state index in [1.54, 1.807) is 0 Å². The van der Waals surface area contributed by atoms with Crippen molar-refractivity contribution in [1.29, 1.82) is 0 Å². The molecule has 3 aliphatic heterocycles. The van der Waals surface area contributed by atoms with Crippen LogP contribution in [0.2, 0.25) is 0 Å². The van der Waals surface area contributed by atoms with Crippen LogP contribution in [0.3, 0.4) is 0 Å². The van der Waals surface area contributed by atoms with E-state index >= 15 is 0 Å². The van der Waals surface area contributed by atoms with Gasteiger partial charge in [0.25, 0.3) is 0 Å². The molecule has 0 aromatic heterocycles. The van der Waals surface area contributed by atoms with E-state index in [1.807, 2.05) is 0 Å². The van der Waals surface area contributed by atoms with Crippen LogP contribution in [0.1, 0.15) is 87.8 Å². The van der Waals surface area contributed by atoms with Crippen LogP contribution >= 0.6 is 0 Å². The Morgan fingerprint density at radius 1 is 0.364 bits per heavy atom. The molecule has 0 saturated carbocycles. The fourth-order valence-electron chi connectivity index (χ4n) is 11.6. The lowest BCUT2D eigenvalue weighted by Crippen LogP contribution is -2.43. The van der Waals surface area contributed by atoms with Crippen LogP contribution in [0.4, 0.5) is 45.5 Å². The van der Waals surface area contributed by atoms with Crippen molar-refractivity contribution >= 4 is 45.5 Å². The summed E-state index contributed by atoms with van der Waals surface area (Å²) in [6.45, 7) is 14.7. The fourth-order valence-corrected chi connectivity index (χ4v) is 11.6. The van der Waals surface area contributed by atoms with Gasteiger partial charge in [0.1, 0.15) is 0 Å². The van der Waals surface area contributed by atoms with Crippen LogP contribution < -0.4 is 14.7 Å². The van der Waals surface area contributed by atoms with Gasteiger partial charge in [0.15, 0.2) is 0 Å². The molecule has 3 heterocycles. The number of benzene rings is 8. The maximum Gasteiger partial charge on any atom is 0.0544 e. The van der Waals surface area contributed by atoms with Crippen molar-refractivity contribution in [2.24, 2.45) is 0 Å². The van der Waals surface area contributed by atoms with Crippen molar-refractivity contribution in [2.45, 2.75) is 70.6 Å². The summed E-state index contributed by atoms with van der Waals surface area (Å²) in [4.78, 5) is 7.44. The molecule has 3 heteroatoms. The Kier molecular flexibility index (Phi) is 9.03. The Morgan fingerprint density at radius 3 is 1.14 bits per heavy atom. The third-order valence-corrected chi connectivity index (χ3v) is 15.2. The van der Waals surface area contributed by atoms with Crippen LogP contribution in [-0.4, -0.2) is 0 Å². The normalized spacial score (nSPS) is 16.3. The first-order valence-electron chi connectivity index (χ1n) is 23.7. The Bertz CT molecular complexity index is 3210. The minimum Gasteiger partial charge on any atom is -0.314 e. The fraction of sp³-hybridized carbons (Fsp3) is 0.175. The van der Waals surface area contributed by atoms with E-state index < -0.39 is 0 Å². The highest BCUT2D eigenvalue weighted by molar-refractivity contribution is 6.00. The first-order chi connectivity index (χ1) is 32.0. The van der Waals surface area contributed by atoms with Crippen molar-refractivity contribution in [3.8, 4) is 22.3 Å². The van der Waals surface area contributed by atoms with Crippen LogP contribution in [0.5, 0.6) is 0 Å². The molecular weight excluding hydrogens is 799 g/mol. The zero-order chi connectivity index (χ0) is 45.0. The SMILES string of the molecule is CC1(C)c2cccc3c2N2c4c1cc(-c1ccc(N(C5=CC=CCC5)c5ccccc5)cc1)cc4C(C)(C)c1cc(-c4ccc(N(c5ccccc5)c5ccccc5)cc4)cc(c12)C3(C)C. The second-order valence-corrected chi connectivity index (χ2v) is 20.1. The molecule has 1 aliphatic carbocycles. The number of anilines is 8. The number of hydrogen-bond acceptors (Lipinski definition) is 3. The molecule has 4 aliphatic rings. The predicted octanol–water partition coefficient (Wildman–Crippen LogP) is 17.3. The third-order valence-electron chi connectivity index (χ3n) is 15.2. The van der Waals surface area contributed by atoms with Crippen LogP contribution in [0.25, 0.3) is 22.3 Å². The molecule has 0 fully saturated rings. The maximum atomic E-state index is 2.68. The van der Waals surface area contributed by atoms with Gasteiger partial charge in [-0.1, -0.05) is 151 Å². The van der Waals surface area contributed by atoms with Gasteiger partial charge in [-0.05, 0) is 159 Å². The molecule has 66 heavy (non-hydrogen) atoms. The summed E-state index contributed by atoms with van der Waals surface area (Å²) >= 11 is 0. The molecule has 0 saturated heterocycles. The lowest BCUT2D eigenvalue weighted by Gasteiger charge is -2.55. The van der Waals surface area contributed by atoms with Gasteiger partial charge in [-0.15, -0.1) is 0 Å². The topological polar surface area (TPSA) is 9.72 Å². The van der Waals surface area contributed by atoms with Crippen molar-refractivity contribution in [2.75, 3.05) is 14.7 Å². The average Bonchev–Trinajstić information content (AvgIpc) is 3.35. The highest BCUT2D eigenvalue weighted by Gasteiger charge is 2.52. The molecular formula is C63H55N3. The Hall–Kier alpha value is -7.36. The van der Waals surface area contributed by atoms with Crippen molar-refractivity contribution in [3.05, 3.63) is 239 Å². The molecule has 322 valence electrons. The van der Waals surface area contributed by atoms with E-state index in [0.29, 0.717) is 0 Å². The van der Waals surface area contributed by atoms with Crippen molar-refractivity contribution in [3.63, 3.8) is 0 Å². The lowest BCUT2D eigenvalue weighted by atomic mass is 9.60. The van der Waals surface area contributed by atoms with Crippen molar-refractivity contribution in [1.82, 2.24) is 0 Å². The summed E-state index contributed by atoms with van der Waals surface area (Å²) in [5, 5.41) is 0. The summed E-state index contributed by atoms with van der Waals surface area (Å²) < 4.78 is 0. The molecule has 8 aromatic rings. The van der Waals surface area contributed by atoms with Gasteiger partial charge in [0.2, 0.25) is 0 Å². The molecule has 0 bridgehead atoms. The van der Waals surface area contributed by atoms with Crippen LogP contribution in [-0.2, 0) is 16.2 Å². The van der Waals surface area contributed by atoms with E-state index in [2.05, 4.69) is 256 Å². The van der Waals surface area contributed by atoms with Gasteiger partial charge in [-0.2, -0.15) is 0 Å². The number of rotatable bonds is 8. The van der Waals surface area contributed by atoms with Gasteiger partial charge >= 0.3 is 0 Å². The monoisotopic (exact) mass is 853 g/mol. The Labute approximate surface area is 390 Å². The van der Waals surface area contributed by atoms with Gasteiger partial charge in [-0.3, -0.25) is 0 Å². The highest BCUT2D eigenvalue weighted by atomic mass is 15.2. The van der Waals surface area contributed by atoms with Crippen LogP contribution in [0, 0.1) is 0 Å². The molecule has 0 unspecified atom stereocenters. The summed E-state index contributed by atoms with van der Waals surface area (Å²) in [5.74, 6) is 0. The maximum absolute atomic E-state index is 2.68. The lowest BCUT2D eigenvalue weighted by molar-refractivity contribution is 0.567. The zero-order valence-electron chi connectivity index (χ0n) is 38.8. The first kappa shape index (κ1) is 40.2. The Morgan fingerprint density at radius 2 is 0.727 bits per heavy atom. The minimum atomic E-state index is -0.297. The third kappa shape index (κ3) is 6.02. The number of allylic oxidation sites excluding steroid dienone is 4. The summed E-state index contributed by atoms with van der Waals surface area (Å²) in [7, 11) is 0. The first-order valence-corrected chi connectivity index (χ1v) is 23.7. The molecule has 8 aromatic carbocycles. The highest BCUT2D eigenvalue weighted by Crippen LogP contribution is 2.67. The largest absolute Gasteiger partial charge is 0.314 e. The van der Waals surface area contributed by atoms with E-state index in [-0.39, 0.29) is 16.2 Å². The quantitative estimate of drug-likeness (QED) is 0.151.